The van der Waals surface area contributed by atoms with Gasteiger partial charge in [0, 0.05) is 13.0 Å². The van der Waals surface area contributed by atoms with Gasteiger partial charge in [0.25, 0.3) is 0 Å². The molecule has 0 aliphatic heterocycles. The molecule has 0 aliphatic carbocycles. The van der Waals surface area contributed by atoms with Crippen molar-refractivity contribution in [1.29, 1.82) is 0 Å². The van der Waals surface area contributed by atoms with Gasteiger partial charge in [-0.25, -0.2) is 4.79 Å². The number of anilines is 1. The number of aryl methyl sites for hydroxylation is 1. The van der Waals surface area contributed by atoms with Gasteiger partial charge in [0.2, 0.25) is 17.7 Å². The molecular weight excluding hydrogens is 331 g/mol. The summed E-state index contributed by atoms with van der Waals surface area (Å²) < 4.78 is 43.4. The number of oxazole rings is 1. The Hall–Kier alpha value is -3.11. The molecule has 1 aromatic carbocycles. The second-order valence-electron chi connectivity index (χ2n) is 4.79. The first kappa shape index (κ1) is 15.8. The van der Waals surface area contributed by atoms with E-state index in [1.165, 1.54) is 4.57 Å². The average Bonchev–Trinajstić information content (AvgIpc) is 3.09. The molecule has 0 aliphatic rings. The third-order valence-corrected chi connectivity index (χ3v) is 3.14. The Morgan fingerprint density at radius 2 is 2.08 bits per heavy atom. The van der Waals surface area contributed by atoms with Crippen molar-refractivity contribution < 1.29 is 22.4 Å². The zero-order valence-corrected chi connectivity index (χ0v) is 11.9. The zero-order chi connectivity index (χ0) is 17.3. The van der Waals surface area contributed by atoms with Crippen molar-refractivity contribution in [2.75, 3.05) is 5.32 Å². The van der Waals surface area contributed by atoms with Gasteiger partial charge in [-0.1, -0.05) is 12.1 Å². The smallest absolute Gasteiger partial charge is 0.408 e. The molecule has 0 radical (unpaired) electrons. The first-order chi connectivity index (χ1) is 11.3. The van der Waals surface area contributed by atoms with Gasteiger partial charge in [-0.05, 0) is 12.1 Å². The van der Waals surface area contributed by atoms with Gasteiger partial charge < -0.3 is 4.42 Å². The van der Waals surface area contributed by atoms with E-state index in [1.54, 1.807) is 29.4 Å². The number of carbonyl (C=O) groups is 1. The number of alkyl halides is 3. The normalized spacial score (nSPS) is 11.8. The van der Waals surface area contributed by atoms with Crippen molar-refractivity contribution >= 4 is 23.0 Å². The van der Waals surface area contributed by atoms with Gasteiger partial charge in [-0.3, -0.25) is 19.8 Å². The van der Waals surface area contributed by atoms with Crippen LogP contribution >= 0.6 is 0 Å². The topological polar surface area (TPSA) is 106 Å². The lowest BCUT2D eigenvalue weighted by Gasteiger charge is -2.02. The minimum atomic E-state index is -4.68. The van der Waals surface area contributed by atoms with Crippen LogP contribution < -0.4 is 11.1 Å². The summed E-state index contributed by atoms with van der Waals surface area (Å²) in [5, 5.41) is 7.07. The van der Waals surface area contributed by atoms with E-state index >= 15 is 0 Å². The number of nitrogens with one attached hydrogen (secondary N) is 2. The lowest BCUT2D eigenvalue weighted by atomic mass is 10.3. The first-order valence-corrected chi connectivity index (χ1v) is 6.72. The number of rotatable bonds is 4. The number of benzene rings is 1. The predicted molar refractivity (Wildman–Crippen MR) is 75.1 cm³/mol. The molecule has 0 saturated heterocycles. The first-order valence-electron chi connectivity index (χ1n) is 6.72. The quantitative estimate of drug-likeness (QED) is 0.752. The van der Waals surface area contributed by atoms with Crippen LogP contribution in [0.25, 0.3) is 11.1 Å². The molecule has 3 rings (SSSR count). The van der Waals surface area contributed by atoms with Crippen LogP contribution in [0.1, 0.15) is 12.2 Å². The largest absolute Gasteiger partial charge is 0.451 e. The van der Waals surface area contributed by atoms with Crippen molar-refractivity contribution in [3.8, 4) is 0 Å². The van der Waals surface area contributed by atoms with E-state index in [2.05, 4.69) is 15.4 Å². The summed E-state index contributed by atoms with van der Waals surface area (Å²) in [6.07, 6.45) is -4.85. The summed E-state index contributed by atoms with van der Waals surface area (Å²) in [5.74, 6) is -3.06. The number of para-hydroxylation sites is 2. The second-order valence-corrected chi connectivity index (χ2v) is 4.79. The van der Waals surface area contributed by atoms with Crippen LogP contribution in [-0.2, 0) is 17.5 Å². The highest BCUT2D eigenvalue weighted by Gasteiger charge is 2.35. The number of fused-ring (bicyclic) bond motifs is 1. The van der Waals surface area contributed by atoms with Crippen LogP contribution in [0.4, 0.5) is 19.1 Å². The van der Waals surface area contributed by atoms with Gasteiger partial charge in [0.15, 0.2) is 5.58 Å². The van der Waals surface area contributed by atoms with Crippen molar-refractivity contribution in [2.45, 2.75) is 19.1 Å². The maximum atomic E-state index is 12.4. The number of carbonyl (C=O) groups excluding carboxylic acids is 1. The second kappa shape index (κ2) is 5.83. The lowest BCUT2D eigenvalue weighted by molar-refractivity contribution is -0.144. The van der Waals surface area contributed by atoms with E-state index in [1.807, 2.05) is 0 Å². The standard InChI is InChI=1S/C13H10F3N5O3/c14-13(15,16)10-18-11(20-19-10)17-9(22)5-6-21-7-3-1-2-4-8(7)24-12(21)23/h1-4H,5-6H2,(H2,17,18,19,20,22). The van der Waals surface area contributed by atoms with E-state index in [9.17, 15) is 22.8 Å². The van der Waals surface area contributed by atoms with Gasteiger partial charge >= 0.3 is 11.9 Å². The maximum Gasteiger partial charge on any atom is 0.451 e. The lowest BCUT2D eigenvalue weighted by Crippen LogP contribution is -2.20. The highest BCUT2D eigenvalue weighted by atomic mass is 19.4. The summed E-state index contributed by atoms with van der Waals surface area (Å²) in [7, 11) is 0. The molecule has 126 valence electrons. The summed E-state index contributed by atoms with van der Waals surface area (Å²) in [6.45, 7) is -0.00176. The molecule has 11 heteroatoms. The van der Waals surface area contributed by atoms with E-state index in [-0.39, 0.29) is 13.0 Å². The van der Waals surface area contributed by atoms with Crippen molar-refractivity contribution in [1.82, 2.24) is 19.7 Å². The fourth-order valence-electron chi connectivity index (χ4n) is 2.07. The third-order valence-electron chi connectivity index (χ3n) is 3.14. The molecule has 0 unspecified atom stereocenters. The van der Waals surface area contributed by atoms with E-state index < -0.39 is 29.6 Å². The van der Waals surface area contributed by atoms with Crippen LogP contribution in [0, 0.1) is 0 Å². The van der Waals surface area contributed by atoms with Crippen molar-refractivity contribution in [2.24, 2.45) is 0 Å². The highest BCUT2D eigenvalue weighted by Crippen LogP contribution is 2.26. The van der Waals surface area contributed by atoms with Crippen LogP contribution in [-0.4, -0.2) is 25.7 Å². The molecule has 0 saturated carbocycles. The molecule has 2 aromatic heterocycles. The number of hydrogen-bond donors (Lipinski definition) is 2. The van der Waals surface area contributed by atoms with Crippen LogP contribution in [0.15, 0.2) is 33.5 Å². The molecule has 0 atom stereocenters. The number of aromatic amines is 1. The van der Waals surface area contributed by atoms with Crippen molar-refractivity contribution in [3.63, 3.8) is 0 Å². The summed E-state index contributed by atoms with van der Waals surface area (Å²) in [4.78, 5) is 26.6. The molecule has 0 spiro atoms. The van der Waals surface area contributed by atoms with Gasteiger partial charge in [0.05, 0.1) is 5.52 Å². The Balaban J connectivity index is 1.66. The monoisotopic (exact) mass is 341 g/mol. The number of H-pyrrole nitrogens is 1. The summed E-state index contributed by atoms with van der Waals surface area (Å²) >= 11 is 0. The number of halogens is 3. The molecule has 24 heavy (non-hydrogen) atoms. The average molecular weight is 341 g/mol. The number of nitrogens with zero attached hydrogens (tertiary/aromatic N) is 3. The Kier molecular flexibility index (Phi) is 3.83. The van der Waals surface area contributed by atoms with Gasteiger partial charge in [-0.15, -0.1) is 5.10 Å². The Bertz CT molecular complexity index is 940. The Morgan fingerprint density at radius 1 is 1.33 bits per heavy atom. The number of aromatic nitrogens is 4. The molecule has 8 nitrogen and oxygen atoms in total. The van der Waals surface area contributed by atoms with E-state index in [4.69, 9.17) is 4.42 Å². The fraction of sp³-hybridized carbons (Fsp3) is 0.231. The maximum absolute atomic E-state index is 12.4. The predicted octanol–water partition coefficient (Wildman–Crippen LogP) is 1.76. The molecule has 2 heterocycles. The van der Waals surface area contributed by atoms with Crippen LogP contribution in [0.5, 0.6) is 0 Å². The fourth-order valence-corrected chi connectivity index (χ4v) is 2.07. The molecular formula is C13H10F3N5O3. The summed E-state index contributed by atoms with van der Waals surface area (Å²) in [5.41, 5.74) is 0.902. The molecule has 2 N–H and O–H groups in total. The van der Waals surface area contributed by atoms with Crippen LogP contribution in [0.3, 0.4) is 0 Å². The Labute approximate surface area is 131 Å². The SMILES string of the molecule is O=C(CCn1c(=O)oc2ccccc21)Nc1n[nH]c(C(F)(F)F)n1. The summed E-state index contributed by atoms with van der Waals surface area (Å²) in [6, 6.07) is 6.67. The zero-order valence-electron chi connectivity index (χ0n) is 11.9. The Morgan fingerprint density at radius 3 is 2.79 bits per heavy atom. The molecule has 0 bridgehead atoms. The number of amides is 1. The van der Waals surface area contributed by atoms with Gasteiger partial charge in [-0.2, -0.15) is 18.2 Å². The van der Waals surface area contributed by atoms with Crippen molar-refractivity contribution in [3.05, 3.63) is 40.6 Å². The molecule has 1 amide bonds. The van der Waals surface area contributed by atoms with E-state index in [0.717, 1.165) is 0 Å². The minimum absolute atomic E-state index is 0.00176. The highest BCUT2D eigenvalue weighted by molar-refractivity contribution is 5.88. The molecule has 0 fully saturated rings. The number of hydrogen-bond acceptors (Lipinski definition) is 5. The van der Waals surface area contributed by atoms with Gasteiger partial charge in [0.1, 0.15) is 0 Å². The third kappa shape index (κ3) is 3.14. The minimum Gasteiger partial charge on any atom is -0.408 e. The molecule has 3 aromatic rings. The van der Waals surface area contributed by atoms with E-state index in [0.29, 0.717) is 11.1 Å². The van der Waals surface area contributed by atoms with Crippen LogP contribution in [0.2, 0.25) is 0 Å².